The molecule has 6 heteroatoms. The van der Waals surface area contributed by atoms with Gasteiger partial charge in [-0.2, -0.15) is 55.4 Å². The Labute approximate surface area is 232 Å². The van der Waals surface area contributed by atoms with E-state index >= 15 is 0 Å². The molecule has 0 aliphatic carbocycles. The average molecular weight is 595 g/mol. The van der Waals surface area contributed by atoms with Crippen LogP contribution in [0.15, 0.2) is 0 Å². The second kappa shape index (κ2) is 86.5. The molecule has 4 nitrogen and oxygen atoms in total. The van der Waals surface area contributed by atoms with E-state index in [1.54, 1.807) is 55.4 Å². The molecule has 0 unspecified atom stereocenters. The Morgan fingerprint density at radius 3 is 0.367 bits per heavy atom. The van der Waals surface area contributed by atoms with E-state index < -0.39 is 0 Å². The zero-order valence-corrected chi connectivity index (χ0v) is 28.3. The summed E-state index contributed by atoms with van der Waals surface area (Å²) in [6.45, 7) is 29.8. The van der Waals surface area contributed by atoms with E-state index in [2.05, 4.69) is 0 Å². The quantitative estimate of drug-likeness (QED) is 0.243. The first-order chi connectivity index (χ1) is 12.6. The molecular formula is C24H60O4Zr2. The smallest absolute Gasteiger partial charge is 0.394 e. The Morgan fingerprint density at radius 2 is 0.367 bits per heavy atom. The van der Waals surface area contributed by atoms with Crippen molar-refractivity contribution in [3.63, 3.8) is 0 Å². The van der Waals surface area contributed by atoms with Crippen molar-refractivity contribution < 1.29 is 72.8 Å². The summed E-state index contributed by atoms with van der Waals surface area (Å²) in [7, 11) is 0. The summed E-state index contributed by atoms with van der Waals surface area (Å²) < 4.78 is 0. The van der Waals surface area contributed by atoms with E-state index in [-0.39, 0.29) is 76.8 Å². The van der Waals surface area contributed by atoms with Crippen LogP contribution < -0.4 is 0 Å². The fraction of sp³-hybridized carbons (Fsp3) is 0.833. The van der Waals surface area contributed by atoms with Gasteiger partial charge in [-0.3, -0.25) is 0 Å². The van der Waals surface area contributed by atoms with Crippen LogP contribution in [0.5, 0.6) is 0 Å². The molecule has 0 spiro atoms. The predicted octanol–water partition coefficient (Wildman–Crippen LogP) is 6.47. The summed E-state index contributed by atoms with van der Waals surface area (Å²) in [5, 5.41) is 32.2. The molecule has 0 atom stereocenters. The van der Waals surface area contributed by atoms with Gasteiger partial charge in [-0.15, -0.1) is 0 Å². The summed E-state index contributed by atoms with van der Waals surface area (Å²) in [6, 6.07) is 0. The van der Waals surface area contributed by atoms with Gasteiger partial charge in [0.05, 0.1) is 0 Å². The van der Waals surface area contributed by atoms with Gasteiger partial charge in [0.25, 0.3) is 0 Å². The molecule has 0 amide bonds. The minimum Gasteiger partial charge on any atom is -0.394 e. The second-order valence-corrected chi connectivity index (χ2v) is 6.68. The van der Waals surface area contributed by atoms with Crippen LogP contribution in [-0.4, -0.2) is 44.8 Å². The number of hydrogen-bond donors (Lipinski definition) is 4. The van der Waals surface area contributed by atoms with Crippen molar-refractivity contribution in [2.45, 2.75) is 135 Å². The fourth-order valence-electron chi connectivity index (χ4n) is 0. The molecule has 0 aliphatic heterocycles. The SMILES string of the molecule is CC(C)O.CC(C)O.CC(C)O.CC(C)O.C[CH-]C.C[CH-]C.C[CH-]C.C[CH-]C.[Zr+4].[Zr]. The Bertz CT molecular complexity index is 104. The van der Waals surface area contributed by atoms with E-state index in [0.717, 1.165) is 0 Å². The molecule has 0 aromatic heterocycles. The van der Waals surface area contributed by atoms with Crippen LogP contribution >= 0.6 is 0 Å². The summed E-state index contributed by atoms with van der Waals surface area (Å²) >= 11 is 0. The van der Waals surface area contributed by atoms with Crippen molar-refractivity contribution in [3.8, 4) is 0 Å². The first-order valence-corrected chi connectivity index (χ1v) is 10.3. The number of aliphatic hydroxyl groups is 4. The van der Waals surface area contributed by atoms with E-state index in [9.17, 15) is 0 Å². The molecule has 0 saturated heterocycles. The van der Waals surface area contributed by atoms with Crippen molar-refractivity contribution in [3.05, 3.63) is 25.7 Å². The molecule has 0 saturated carbocycles. The van der Waals surface area contributed by atoms with Crippen molar-refractivity contribution in [1.82, 2.24) is 0 Å². The second-order valence-electron chi connectivity index (χ2n) is 6.68. The largest absolute Gasteiger partial charge is 4.00 e. The molecule has 188 valence electrons. The first kappa shape index (κ1) is 63.4. The summed E-state index contributed by atoms with van der Waals surface area (Å²) in [5.74, 6) is 0. The molecule has 30 heavy (non-hydrogen) atoms. The van der Waals surface area contributed by atoms with Gasteiger partial charge in [0.15, 0.2) is 0 Å². The van der Waals surface area contributed by atoms with Crippen molar-refractivity contribution >= 4 is 0 Å². The number of aliphatic hydroxyl groups excluding tert-OH is 4. The van der Waals surface area contributed by atoms with Crippen LogP contribution in [0, 0.1) is 25.7 Å². The van der Waals surface area contributed by atoms with Gasteiger partial charge in [0.1, 0.15) is 0 Å². The van der Waals surface area contributed by atoms with Gasteiger partial charge in [-0.25, -0.2) is 0 Å². The molecule has 0 rings (SSSR count). The standard InChI is InChI=1S/4C3H8O.4C3H7.2Zr/c4*1-3(2)4;4*1-3-2;;/h4*3-4H,1-2H3;4*3H,1-2H3;;/q;;;;4*-1;;+4. The molecule has 0 aromatic carbocycles. The van der Waals surface area contributed by atoms with Crippen LogP contribution in [0.1, 0.15) is 111 Å². The minimum atomic E-state index is -0.167. The summed E-state index contributed by atoms with van der Waals surface area (Å²) in [6.07, 6.45) is 7.33. The van der Waals surface area contributed by atoms with Gasteiger partial charge in [-0.1, -0.05) is 0 Å². The Balaban J connectivity index is -0.0000000189. The molecule has 0 aliphatic rings. The van der Waals surface area contributed by atoms with Gasteiger partial charge in [0, 0.05) is 50.6 Å². The zero-order chi connectivity index (χ0) is 25.1. The molecule has 0 aromatic rings. The Kier molecular flexibility index (Phi) is 183. The topological polar surface area (TPSA) is 80.9 Å². The van der Waals surface area contributed by atoms with Crippen LogP contribution in [0.4, 0.5) is 0 Å². The molecule has 0 heterocycles. The van der Waals surface area contributed by atoms with Crippen LogP contribution in [0.2, 0.25) is 0 Å². The van der Waals surface area contributed by atoms with Crippen LogP contribution in [0.3, 0.4) is 0 Å². The third kappa shape index (κ3) is 9390. The first-order valence-electron chi connectivity index (χ1n) is 10.3. The maximum absolute atomic E-state index is 8.06. The van der Waals surface area contributed by atoms with Crippen molar-refractivity contribution in [2.75, 3.05) is 0 Å². The summed E-state index contributed by atoms with van der Waals surface area (Å²) in [5.41, 5.74) is 0. The molecule has 4 N–H and O–H groups in total. The van der Waals surface area contributed by atoms with E-state index in [4.69, 9.17) is 20.4 Å². The van der Waals surface area contributed by atoms with Crippen molar-refractivity contribution in [2.24, 2.45) is 0 Å². The van der Waals surface area contributed by atoms with E-state index in [0.29, 0.717) is 0 Å². The fourth-order valence-corrected chi connectivity index (χ4v) is 0. The minimum absolute atomic E-state index is 0. The monoisotopic (exact) mass is 592 g/mol. The van der Waals surface area contributed by atoms with Gasteiger partial charge in [-0.05, 0) is 55.4 Å². The third-order valence-electron chi connectivity index (χ3n) is 0. The van der Waals surface area contributed by atoms with Crippen LogP contribution in [0.25, 0.3) is 0 Å². The molecular weight excluding hydrogens is 535 g/mol. The van der Waals surface area contributed by atoms with Crippen molar-refractivity contribution in [1.29, 1.82) is 0 Å². The van der Waals surface area contributed by atoms with E-state index in [1.807, 2.05) is 81.1 Å². The number of hydrogen-bond acceptors (Lipinski definition) is 4. The number of rotatable bonds is 0. The third-order valence-corrected chi connectivity index (χ3v) is 0. The average Bonchev–Trinajstić information content (AvgIpc) is 2.38. The van der Waals surface area contributed by atoms with Gasteiger partial charge in [0.2, 0.25) is 0 Å². The van der Waals surface area contributed by atoms with E-state index in [1.165, 1.54) is 0 Å². The summed E-state index contributed by atoms with van der Waals surface area (Å²) in [4.78, 5) is 0. The predicted molar refractivity (Wildman–Crippen MR) is 132 cm³/mol. The van der Waals surface area contributed by atoms with Gasteiger partial charge >= 0.3 is 26.2 Å². The maximum Gasteiger partial charge on any atom is 4.00 e. The zero-order valence-electron chi connectivity index (χ0n) is 23.4. The maximum atomic E-state index is 8.06. The Hall–Kier alpha value is 1.61. The normalized spacial score (nSPS) is 7.20. The molecule has 0 radical (unpaired) electrons. The van der Waals surface area contributed by atoms with Gasteiger partial charge < -0.3 is 46.1 Å². The molecule has 0 bridgehead atoms. The Morgan fingerprint density at radius 1 is 0.367 bits per heavy atom. The van der Waals surface area contributed by atoms with Crippen LogP contribution in [-0.2, 0) is 52.4 Å². The molecule has 0 fully saturated rings.